The van der Waals surface area contributed by atoms with Gasteiger partial charge in [0, 0.05) is 30.6 Å². The van der Waals surface area contributed by atoms with Crippen LogP contribution in [0.1, 0.15) is 17.4 Å². The third kappa shape index (κ3) is 3.44. The summed E-state index contributed by atoms with van der Waals surface area (Å²) in [4.78, 5) is 13.0. The molecule has 2 rings (SSSR count). The van der Waals surface area contributed by atoms with Gasteiger partial charge < -0.3 is 5.11 Å². The molecule has 0 aliphatic carbocycles. The topological polar surface area (TPSA) is 71.2 Å². The number of rotatable bonds is 4. The average Bonchev–Trinajstić information content (AvgIpc) is 2.75. The zero-order valence-electron chi connectivity index (χ0n) is 9.74. The first-order valence-corrected chi connectivity index (χ1v) is 6.67. The van der Waals surface area contributed by atoms with Gasteiger partial charge in [-0.3, -0.25) is 9.58 Å². The van der Waals surface area contributed by atoms with E-state index >= 15 is 0 Å². The van der Waals surface area contributed by atoms with E-state index in [4.69, 9.17) is 5.11 Å². The molecule has 1 aliphatic heterocycles. The van der Waals surface area contributed by atoms with Crippen LogP contribution in [0.25, 0.3) is 0 Å². The summed E-state index contributed by atoms with van der Waals surface area (Å²) in [5.74, 6) is 0.137. The van der Waals surface area contributed by atoms with Crippen LogP contribution in [-0.2, 0) is 6.54 Å². The first-order valence-electron chi connectivity index (χ1n) is 5.62. The predicted molar refractivity (Wildman–Crippen MR) is 65.3 cm³/mol. The van der Waals surface area contributed by atoms with E-state index in [1.807, 2.05) is 11.8 Å². The van der Waals surface area contributed by atoms with Crippen LogP contribution in [0.5, 0.6) is 0 Å². The molecule has 1 saturated heterocycles. The van der Waals surface area contributed by atoms with Gasteiger partial charge in [-0.2, -0.15) is 11.8 Å². The minimum Gasteiger partial charge on any atom is -0.476 e. The van der Waals surface area contributed by atoms with Gasteiger partial charge >= 0.3 is 5.97 Å². The van der Waals surface area contributed by atoms with Crippen LogP contribution >= 0.6 is 11.8 Å². The van der Waals surface area contributed by atoms with Crippen molar-refractivity contribution in [2.45, 2.75) is 18.7 Å². The van der Waals surface area contributed by atoms with E-state index in [1.165, 1.54) is 11.9 Å². The Balaban J connectivity index is 1.82. The molecule has 1 unspecified atom stereocenters. The van der Waals surface area contributed by atoms with E-state index in [0.717, 1.165) is 19.6 Å². The third-order valence-corrected chi connectivity index (χ3v) is 3.86. The lowest BCUT2D eigenvalue weighted by Crippen LogP contribution is -2.38. The Hall–Kier alpha value is -1.08. The number of carboxylic acid groups (broad SMARTS) is 1. The predicted octanol–water partition coefficient (Wildman–Crippen LogP) is 0.414. The molecule has 2 heterocycles. The maximum absolute atomic E-state index is 10.6. The van der Waals surface area contributed by atoms with Crippen molar-refractivity contribution in [3.63, 3.8) is 0 Å². The molecular weight excluding hydrogens is 240 g/mol. The van der Waals surface area contributed by atoms with E-state index in [1.54, 1.807) is 4.68 Å². The third-order valence-electron chi connectivity index (χ3n) is 2.73. The molecule has 6 nitrogen and oxygen atoms in total. The summed E-state index contributed by atoms with van der Waals surface area (Å²) in [7, 11) is 0. The highest BCUT2D eigenvalue weighted by Gasteiger charge is 2.16. The molecule has 1 aromatic rings. The summed E-state index contributed by atoms with van der Waals surface area (Å²) in [5, 5.41) is 16.8. The molecule has 0 spiro atoms. The van der Waals surface area contributed by atoms with Crippen molar-refractivity contribution in [1.29, 1.82) is 0 Å². The molecule has 94 valence electrons. The van der Waals surface area contributed by atoms with Crippen LogP contribution in [-0.4, -0.2) is 61.6 Å². The summed E-state index contributed by atoms with van der Waals surface area (Å²) >= 11 is 2.00. The molecule has 0 aromatic carbocycles. The average molecular weight is 256 g/mol. The Labute approximate surface area is 104 Å². The zero-order chi connectivity index (χ0) is 12.3. The zero-order valence-corrected chi connectivity index (χ0v) is 10.6. The normalized spacial score (nSPS) is 21.6. The molecule has 0 bridgehead atoms. The van der Waals surface area contributed by atoms with Gasteiger partial charge in [0.25, 0.3) is 0 Å². The van der Waals surface area contributed by atoms with Crippen LogP contribution in [0.3, 0.4) is 0 Å². The van der Waals surface area contributed by atoms with Crippen LogP contribution in [0.15, 0.2) is 6.20 Å². The van der Waals surface area contributed by atoms with E-state index in [9.17, 15) is 4.79 Å². The minimum absolute atomic E-state index is 0.00701. The van der Waals surface area contributed by atoms with Crippen LogP contribution in [0.2, 0.25) is 0 Å². The lowest BCUT2D eigenvalue weighted by Gasteiger charge is -2.30. The standard InChI is InChI=1S/C10H16N4O2S/c1-8-6-13(4-5-17-8)2-3-14-7-9(10(15)16)11-12-14/h7-8H,2-6H2,1H3,(H,15,16). The first kappa shape index (κ1) is 12.4. The highest BCUT2D eigenvalue weighted by Crippen LogP contribution is 2.17. The number of aromatic carboxylic acids is 1. The molecule has 1 N–H and O–H groups in total. The number of hydrogen-bond acceptors (Lipinski definition) is 5. The van der Waals surface area contributed by atoms with Crippen molar-refractivity contribution in [2.75, 3.05) is 25.4 Å². The van der Waals surface area contributed by atoms with E-state index < -0.39 is 5.97 Å². The lowest BCUT2D eigenvalue weighted by molar-refractivity contribution is 0.0690. The molecule has 1 fully saturated rings. The van der Waals surface area contributed by atoms with Crippen LogP contribution in [0, 0.1) is 0 Å². The van der Waals surface area contributed by atoms with Gasteiger partial charge in [-0.1, -0.05) is 12.1 Å². The molecule has 1 atom stereocenters. The number of hydrogen-bond donors (Lipinski definition) is 1. The summed E-state index contributed by atoms with van der Waals surface area (Å²) in [6.07, 6.45) is 1.48. The van der Waals surface area contributed by atoms with E-state index in [-0.39, 0.29) is 5.69 Å². The Bertz CT molecular complexity index is 395. The summed E-state index contributed by atoms with van der Waals surface area (Å²) in [6.45, 7) is 6.00. The Kier molecular flexibility index (Phi) is 4.01. The highest BCUT2D eigenvalue weighted by molar-refractivity contribution is 7.99. The van der Waals surface area contributed by atoms with Crippen molar-refractivity contribution in [3.8, 4) is 0 Å². The van der Waals surface area contributed by atoms with Crippen molar-refractivity contribution < 1.29 is 9.90 Å². The smallest absolute Gasteiger partial charge is 0.358 e. The SMILES string of the molecule is CC1CN(CCn2cc(C(=O)O)nn2)CCS1. The van der Waals surface area contributed by atoms with Crippen LogP contribution in [0.4, 0.5) is 0 Å². The number of thioether (sulfide) groups is 1. The van der Waals surface area contributed by atoms with Crippen LogP contribution < -0.4 is 0 Å². The first-order chi connectivity index (χ1) is 8.15. The van der Waals surface area contributed by atoms with Gasteiger partial charge in [-0.05, 0) is 0 Å². The van der Waals surface area contributed by atoms with Gasteiger partial charge in [-0.25, -0.2) is 4.79 Å². The monoisotopic (exact) mass is 256 g/mol. The fraction of sp³-hybridized carbons (Fsp3) is 0.700. The molecular formula is C10H16N4O2S. The molecule has 1 aliphatic rings. The van der Waals surface area contributed by atoms with Gasteiger partial charge in [0.1, 0.15) is 0 Å². The Morgan fingerprint density at radius 2 is 2.47 bits per heavy atom. The maximum Gasteiger partial charge on any atom is 0.358 e. The second-order valence-corrected chi connectivity index (χ2v) is 5.70. The highest BCUT2D eigenvalue weighted by atomic mass is 32.2. The summed E-state index contributed by atoms with van der Waals surface area (Å²) < 4.78 is 1.59. The Morgan fingerprint density at radius 3 is 3.12 bits per heavy atom. The summed E-state index contributed by atoms with van der Waals surface area (Å²) in [6, 6.07) is 0. The molecule has 17 heavy (non-hydrogen) atoms. The van der Waals surface area contributed by atoms with Gasteiger partial charge in [0.2, 0.25) is 0 Å². The van der Waals surface area contributed by atoms with Gasteiger partial charge in [0.15, 0.2) is 5.69 Å². The van der Waals surface area contributed by atoms with Gasteiger partial charge in [-0.15, -0.1) is 5.10 Å². The number of nitrogens with zero attached hydrogens (tertiary/aromatic N) is 4. The van der Waals surface area contributed by atoms with Crippen molar-refractivity contribution in [2.24, 2.45) is 0 Å². The Morgan fingerprint density at radius 1 is 1.65 bits per heavy atom. The number of aromatic nitrogens is 3. The van der Waals surface area contributed by atoms with Crippen molar-refractivity contribution in [3.05, 3.63) is 11.9 Å². The fourth-order valence-corrected chi connectivity index (χ4v) is 2.93. The van der Waals surface area contributed by atoms with Gasteiger partial charge in [0.05, 0.1) is 12.7 Å². The molecule has 0 amide bonds. The minimum atomic E-state index is -1.03. The molecule has 1 aromatic heterocycles. The lowest BCUT2D eigenvalue weighted by atomic mass is 10.4. The van der Waals surface area contributed by atoms with E-state index in [2.05, 4.69) is 22.1 Å². The second-order valence-electron chi connectivity index (χ2n) is 4.15. The molecule has 0 radical (unpaired) electrons. The number of carbonyl (C=O) groups is 1. The quantitative estimate of drug-likeness (QED) is 0.841. The number of carboxylic acids is 1. The van der Waals surface area contributed by atoms with Crippen molar-refractivity contribution in [1.82, 2.24) is 19.9 Å². The second kappa shape index (κ2) is 5.50. The largest absolute Gasteiger partial charge is 0.476 e. The van der Waals surface area contributed by atoms with Crippen molar-refractivity contribution >= 4 is 17.7 Å². The molecule has 0 saturated carbocycles. The fourth-order valence-electron chi connectivity index (χ4n) is 1.84. The van der Waals surface area contributed by atoms with E-state index in [0.29, 0.717) is 11.8 Å². The summed E-state index contributed by atoms with van der Waals surface area (Å²) in [5.41, 5.74) is 0.00701. The maximum atomic E-state index is 10.6. The molecule has 7 heteroatoms.